The third kappa shape index (κ3) is 3.98. The Labute approximate surface area is 141 Å². The van der Waals surface area contributed by atoms with Gasteiger partial charge in [0.1, 0.15) is 0 Å². The zero-order valence-corrected chi connectivity index (χ0v) is 13.9. The van der Waals surface area contributed by atoms with E-state index in [4.69, 9.17) is 0 Å². The standard InChI is InChI=1S/C17H19N3O3S/c21-17(20-14-5-3-6-14)13-7-9-16(10-8-13)24(22,23)19-12-15-4-1-2-11-18-15/h1-2,4,7-11,14,19H,3,5-6,12H2,(H,20,21). The van der Waals surface area contributed by atoms with Crippen molar-refractivity contribution in [1.29, 1.82) is 0 Å². The summed E-state index contributed by atoms with van der Waals surface area (Å²) in [6, 6.07) is 11.5. The van der Waals surface area contributed by atoms with Crippen molar-refractivity contribution in [2.75, 3.05) is 0 Å². The lowest BCUT2D eigenvalue weighted by Crippen LogP contribution is -2.39. The molecule has 1 saturated carbocycles. The number of aromatic nitrogens is 1. The van der Waals surface area contributed by atoms with Crippen LogP contribution in [0.1, 0.15) is 35.3 Å². The number of carbonyl (C=O) groups is 1. The third-order valence-corrected chi connectivity index (χ3v) is 5.45. The molecule has 0 saturated heterocycles. The maximum absolute atomic E-state index is 12.3. The van der Waals surface area contributed by atoms with Gasteiger partial charge >= 0.3 is 0 Å². The Morgan fingerprint density at radius 3 is 2.46 bits per heavy atom. The van der Waals surface area contributed by atoms with Crippen molar-refractivity contribution in [3.05, 3.63) is 59.9 Å². The molecule has 7 heteroatoms. The van der Waals surface area contributed by atoms with Crippen LogP contribution in [0.4, 0.5) is 0 Å². The largest absolute Gasteiger partial charge is 0.349 e. The fourth-order valence-electron chi connectivity index (χ4n) is 2.36. The first-order valence-corrected chi connectivity index (χ1v) is 9.33. The maximum Gasteiger partial charge on any atom is 0.251 e. The summed E-state index contributed by atoms with van der Waals surface area (Å²) in [6.07, 6.45) is 4.77. The van der Waals surface area contributed by atoms with Crippen LogP contribution in [0.2, 0.25) is 0 Å². The van der Waals surface area contributed by atoms with E-state index in [9.17, 15) is 13.2 Å². The molecule has 1 aromatic carbocycles. The van der Waals surface area contributed by atoms with Crippen LogP contribution in [0, 0.1) is 0 Å². The van der Waals surface area contributed by atoms with Gasteiger partial charge in [0.15, 0.2) is 0 Å². The molecule has 24 heavy (non-hydrogen) atoms. The number of hydrogen-bond acceptors (Lipinski definition) is 4. The van der Waals surface area contributed by atoms with E-state index in [1.165, 1.54) is 24.3 Å². The fourth-order valence-corrected chi connectivity index (χ4v) is 3.36. The summed E-state index contributed by atoms with van der Waals surface area (Å²) in [7, 11) is -3.64. The summed E-state index contributed by atoms with van der Waals surface area (Å²) in [5.74, 6) is -0.162. The van der Waals surface area contributed by atoms with Gasteiger partial charge in [0.05, 0.1) is 17.1 Å². The molecule has 0 atom stereocenters. The summed E-state index contributed by atoms with van der Waals surface area (Å²) in [6.45, 7) is 0.118. The number of pyridine rings is 1. The Kier molecular flexibility index (Phi) is 4.92. The van der Waals surface area contributed by atoms with E-state index in [-0.39, 0.29) is 23.4 Å². The SMILES string of the molecule is O=C(NC1CCC1)c1ccc(S(=O)(=O)NCc2ccccn2)cc1. The van der Waals surface area contributed by atoms with Gasteiger partial charge in [0, 0.05) is 17.8 Å². The van der Waals surface area contributed by atoms with Crippen molar-refractivity contribution in [3.8, 4) is 0 Å². The highest BCUT2D eigenvalue weighted by Gasteiger charge is 2.20. The number of carbonyl (C=O) groups excluding carboxylic acids is 1. The van der Waals surface area contributed by atoms with Crippen LogP contribution in [0.25, 0.3) is 0 Å². The van der Waals surface area contributed by atoms with Gasteiger partial charge in [0.25, 0.3) is 5.91 Å². The average molecular weight is 345 g/mol. The molecule has 1 aromatic heterocycles. The molecule has 2 N–H and O–H groups in total. The molecule has 0 radical (unpaired) electrons. The number of hydrogen-bond donors (Lipinski definition) is 2. The van der Waals surface area contributed by atoms with Crippen LogP contribution in [-0.4, -0.2) is 25.4 Å². The number of sulfonamides is 1. The minimum atomic E-state index is -3.64. The zero-order chi connectivity index (χ0) is 17.0. The minimum absolute atomic E-state index is 0.118. The lowest BCUT2D eigenvalue weighted by molar-refractivity contribution is 0.0917. The van der Waals surface area contributed by atoms with Crippen molar-refractivity contribution in [2.45, 2.75) is 36.7 Å². The first kappa shape index (κ1) is 16.6. The highest BCUT2D eigenvalue weighted by molar-refractivity contribution is 7.89. The van der Waals surface area contributed by atoms with Crippen LogP contribution in [0.5, 0.6) is 0 Å². The van der Waals surface area contributed by atoms with Gasteiger partial charge in [-0.3, -0.25) is 9.78 Å². The van der Waals surface area contributed by atoms with E-state index in [1.54, 1.807) is 24.4 Å². The van der Waals surface area contributed by atoms with Gasteiger partial charge in [-0.05, 0) is 55.7 Å². The second kappa shape index (κ2) is 7.11. The number of nitrogens with one attached hydrogen (secondary N) is 2. The fraction of sp³-hybridized carbons (Fsp3) is 0.294. The summed E-state index contributed by atoms with van der Waals surface area (Å²) in [5.41, 5.74) is 1.10. The van der Waals surface area contributed by atoms with E-state index in [0.717, 1.165) is 19.3 Å². The first-order valence-electron chi connectivity index (χ1n) is 7.85. The molecular weight excluding hydrogens is 326 g/mol. The van der Waals surface area contributed by atoms with Crippen molar-refractivity contribution < 1.29 is 13.2 Å². The van der Waals surface area contributed by atoms with Crippen molar-refractivity contribution in [3.63, 3.8) is 0 Å². The lowest BCUT2D eigenvalue weighted by Gasteiger charge is -2.26. The molecule has 1 fully saturated rings. The normalized spacial score (nSPS) is 14.8. The molecule has 1 amide bonds. The smallest absolute Gasteiger partial charge is 0.251 e. The van der Waals surface area contributed by atoms with Gasteiger partial charge in [-0.15, -0.1) is 0 Å². The topological polar surface area (TPSA) is 88.2 Å². The van der Waals surface area contributed by atoms with Crippen molar-refractivity contribution >= 4 is 15.9 Å². The lowest BCUT2D eigenvalue weighted by atomic mass is 9.93. The highest BCUT2D eigenvalue weighted by atomic mass is 32.2. The molecular formula is C17H19N3O3S. The number of nitrogens with zero attached hydrogens (tertiary/aromatic N) is 1. The van der Waals surface area contributed by atoms with Crippen LogP contribution < -0.4 is 10.0 Å². The van der Waals surface area contributed by atoms with Crippen molar-refractivity contribution in [2.24, 2.45) is 0 Å². The number of amides is 1. The number of rotatable bonds is 6. The van der Waals surface area contributed by atoms with Crippen LogP contribution >= 0.6 is 0 Å². The average Bonchev–Trinajstić information content (AvgIpc) is 2.57. The number of benzene rings is 1. The minimum Gasteiger partial charge on any atom is -0.349 e. The molecule has 1 aliphatic carbocycles. The van der Waals surface area contributed by atoms with E-state index >= 15 is 0 Å². The quantitative estimate of drug-likeness (QED) is 0.836. The first-order chi connectivity index (χ1) is 11.5. The second-order valence-electron chi connectivity index (χ2n) is 5.77. The molecule has 0 unspecified atom stereocenters. The van der Waals surface area contributed by atoms with Crippen LogP contribution in [0.3, 0.4) is 0 Å². The van der Waals surface area contributed by atoms with Crippen LogP contribution in [0.15, 0.2) is 53.6 Å². The molecule has 1 heterocycles. The summed E-state index contributed by atoms with van der Waals surface area (Å²) in [4.78, 5) is 16.2. The summed E-state index contributed by atoms with van der Waals surface area (Å²) < 4.78 is 27.1. The summed E-state index contributed by atoms with van der Waals surface area (Å²) in [5, 5.41) is 2.93. The van der Waals surface area contributed by atoms with E-state index in [2.05, 4.69) is 15.0 Å². The second-order valence-corrected chi connectivity index (χ2v) is 7.54. The Morgan fingerprint density at radius 2 is 1.88 bits per heavy atom. The van der Waals surface area contributed by atoms with E-state index in [0.29, 0.717) is 11.3 Å². The van der Waals surface area contributed by atoms with Gasteiger partial charge in [-0.25, -0.2) is 13.1 Å². The molecule has 126 valence electrons. The maximum atomic E-state index is 12.3. The Hall–Kier alpha value is -2.25. The van der Waals surface area contributed by atoms with Gasteiger partial charge in [0.2, 0.25) is 10.0 Å². The molecule has 1 aliphatic rings. The van der Waals surface area contributed by atoms with Gasteiger partial charge < -0.3 is 5.32 Å². The van der Waals surface area contributed by atoms with Gasteiger partial charge in [-0.1, -0.05) is 6.07 Å². The van der Waals surface area contributed by atoms with Crippen molar-refractivity contribution in [1.82, 2.24) is 15.0 Å². The summed E-state index contributed by atoms with van der Waals surface area (Å²) >= 11 is 0. The molecule has 6 nitrogen and oxygen atoms in total. The Balaban J connectivity index is 1.64. The van der Waals surface area contributed by atoms with E-state index < -0.39 is 10.0 Å². The van der Waals surface area contributed by atoms with E-state index in [1.807, 2.05) is 0 Å². The highest BCUT2D eigenvalue weighted by Crippen LogP contribution is 2.19. The zero-order valence-electron chi connectivity index (χ0n) is 13.1. The molecule has 0 spiro atoms. The predicted octanol–water partition coefficient (Wildman–Crippen LogP) is 1.84. The van der Waals surface area contributed by atoms with Gasteiger partial charge in [-0.2, -0.15) is 0 Å². The molecule has 2 aromatic rings. The molecule has 0 aliphatic heterocycles. The molecule has 3 rings (SSSR count). The monoisotopic (exact) mass is 345 g/mol. The Morgan fingerprint density at radius 1 is 1.12 bits per heavy atom. The van der Waals surface area contributed by atoms with Crippen LogP contribution in [-0.2, 0) is 16.6 Å². The predicted molar refractivity (Wildman–Crippen MR) is 89.8 cm³/mol. The Bertz CT molecular complexity index is 801. The molecule has 0 bridgehead atoms. The third-order valence-electron chi connectivity index (χ3n) is 4.04.